The van der Waals surface area contributed by atoms with Gasteiger partial charge in [-0.05, 0) is 66.2 Å². The van der Waals surface area contributed by atoms with Gasteiger partial charge in [-0.25, -0.2) is 0 Å². The number of H-pyrrole nitrogens is 1. The van der Waals surface area contributed by atoms with Gasteiger partial charge in [0.25, 0.3) is 0 Å². The van der Waals surface area contributed by atoms with Crippen LogP contribution >= 0.6 is 12.2 Å². The molecule has 0 aliphatic heterocycles. The smallest absolute Gasteiger partial charge is 0.307 e. The first-order chi connectivity index (χ1) is 13.0. The number of aromatic nitrogens is 2. The zero-order chi connectivity index (χ0) is 19.0. The molecule has 0 radical (unpaired) electrons. The minimum atomic E-state index is -0.767. The second kappa shape index (κ2) is 7.31. The van der Waals surface area contributed by atoms with E-state index in [1.54, 1.807) is 0 Å². The number of para-hydroxylation sites is 1. The summed E-state index contributed by atoms with van der Waals surface area (Å²) in [6.45, 7) is 2.77. The monoisotopic (exact) mass is 380 g/mol. The second-order valence-electron chi connectivity index (χ2n) is 7.57. The summed E-state index contributed by atoms with van der Waals surface area (Å²) in [4.78, 5) is 14.6. The van der Waals surface area contributed by atoms with Crippen LogP contribution in [0.1, 0.15) is 53.9 Å². The fourth-order valence-electron chi connectivity index (χ4n) is 4.35. The van der Waals surface area contributed by atoms with E-state index in [-0.39, 0.29) is 6.42 Å². The minimum Gasteiger partial charge on any atom is -0.481 e. The number of carboxylic acids is 1. The van der Waals surface area contributed by atoms with Gasteiger partial charge in [-0.3, -0.25) is 4.79 Å². The predicted molar refractivity (Wildman–Crippen MR) is 110 cm³/mol. The molecule has 1 fully saturated rings. The molecule has 4 nitrogen and oxygen atoms in total. The first-order valence-corrected chi connectivity index (χ1v) is 9.95. The largest absolute Gasteiger partial charge is 0.481 e. The number of rotatable bonds is 5. The van der Waals surface area contributed by atoms with Crippen molar-refractivity contribution in [1.82, 2.24) is 9.55 Å². The SMILES string of the molecule is Cc1cccc2c1[nH]c(=S)n2Cc1ccc(CC(=O)O)c(C2CCCC2)c1. The molecule has 140 valence electrons. The summed E-state index contributed by atoms with van der Waals surface area (Å²) < 4.78 is 2.85. The molecule has 0 atom stereocenters. The lowest BCUT2D eigenvalue weighted by Gasteiger charge is -2.17. The van der Waals surface area contributed by atoms with Gasteiger partial charge < -0.3 is 14.7 Å². The maximum absolute atomic E-state index is 11.3. The topological polar surface area (TPSA) is 58.0 Å². The van der Waals surface area contributed by atoms with Crippen molar-refractivity contribution in [3.05, 3.63) is 63.4 Å². The molecule has 2 N–H and O–H groups in total. The second-order valence-corrected chi connectivity index (χ2v) is 7.96. The van der Waals surface area contributed by atoms with Crippen LogP contribution < -0.4 is 0 Å². The molecule has 1 saturated carbocycles. The van der Waals surface area contributed by atoms with Gasteiger partial charge in [0.2, 0.25) is 0 Å². The van der Waals surface area contributed by atoms with Crippen LogP contribution in [0, 0.1) is 11.7 Å². The summed E-state index contributed by atoms with van der Waals surface area (Å²) in [5.74, 6) is -0.284. The molecule has 0 unspecified atom stereocenters. The fraction of sp³-hybridized carbons (Fsp3) is 0.364. The zero-order valence-electron chi connectivity index (χ0n) is 15.5. The molecule has 3 aromatic rings. The number of hydrogen-bond donors (Lipinski definition) is 2. The molecule has 27 heavy (non-hydrogen) atoms. The number of carboxylic acid groups (broad SMARTS) is 1. The van der Waals surface area contributed by atoms with E-state index in [0.717, 1.165) is 34.2 Å². The van der Waals surface area contributed by atoms with Gasteiger partial charge in [-0.1, -0.05) is 43.2 Å². The van der Waals surface area contributed by atoms with Crippen molar-refractivity contribution in [2.75, 3.05) is 0 Å². The molecule has 1 aliphatic rings. The molecule has 5 heteroatoms. The minimum absolute atomic E-state index is 0.0951. The number of aryl methyl sites for hydroxylation is 1. The van der Waals surface area contributed by atoms with E-state index in [1.165, 1.54) is 29.5 Å². The van der Waals surface area contributed by atoms with Crippen LogP contribution in [0.4, 0.5) is 0 Å². The van der Waals surface area contributed by atoms with Gasteiger partial charge in [-0.15, -0.1) is 0 Å². The highest BCUT2D eigenvalue weighted by Gasteiger charge is 2.21. The lowest BCUT2D eigenvalue weighted by molar-refractivity contribution is -0.136. The highest BCUT2D eigenvalue weighted by atomic mass is 32.1. The number of imidazole rings is 1. The normalized spacial score (nSPS) is 14.9. The Kier molecular flexibility index (Phi) is 4.87. The number of aromatic amines is 1. The maximum atomic E-state index is 11.3. The molecule has 1 heterocycles. The van der Waals surface area contributed by atoms with Crippen molar-refractivity contribution in [3.8, 4) is 0 Å². The summed E-state index contributed by atoms with van der Waals surface area (Å²) >= 11 is 5.56. The van der Waals surface area contributed by atoms with Crippen LogP contribution in [0.15, 0.2) is 36.4 Å². The molecule has 0 amide bonds. The van der Waals surface area contributed by atoms with E-state index in [0.29, 0.717) is 12.5 Å². The predicted octanol–water partition coefficient (Wildman–Crippen LogP) is 5.34. The fourth-order valence-corrected chi connectivity index (χ4v) is 4.61. The highest BCUT2D eigenvalue weighted by Crippen LogP contribution is 2.36. The molecule has 2 aromatic carbocycles. The van der Waals surface area contributed by atoms with Gasteiger partial charge in [0.15, 0.2) is 4.77 Å². The van der Waals surface area contributed by atoms with E-state index in [9.17, 15) is 9.90 Å². The first-order valence-electron chi connectivity index (χ1n) is 9.54. The number of carbonyl (C=O) groups is 1. The number of nitrogens with one attached hydrogen (secondary N) is 1. The Morgan fingerprint density at radius 1 is 1.26 bits per heavy atom. The number of benzene rings is 2. The van der Waals surface area contributed by atoms with Crippen molar-refractivity contribution in [1.29, 1.82) is 0 Å². The van der Waals surface area contributed by atoms with Crippen LogP contribution in [-0.2, 0) is 17.8 Å². The third kappa shape index (κ3) is 3.56. The molecule has 1 aliphatic carbocycles. The highest BCUT2D eigenvalue weighted by molar-refractivity contribution is 7.71. The summed E-state index contributed by atoms with van der Waals surface area (Å²) in [7, 11) is 0. The van der Waals surface area contributed by atoms with Crippen molar-refractivity contribution in [2.45, 2.75) is 51.5 Å². The maximum Gasteiger partial charge on any atom is 0.307 e. The lowest BCUT2D eigenvalue weighted by Crippen LogP contribution is -2.08. The Labute approximate surface area is 163 Å². The molecule has 1 aromatic heterocycles. The van der Waals surface area contributed by atoms with Gasteiger partial charge in [-0.2, -0.15) is 0 Å². The summed E-state index contributed by atoms with van der Waals surface area (Å²) in [6.07, 6.45) is 4.86. The van der Waals surface area contributed by atoms with Gasteiger partial charge in [0, 0.05) is 0 Å². The third-order valence-corrected chi connectivity index (χ3v) is 6.03. The standard InChI is InChI=1S/C22H24N2O2S/c1-14-5-4-8-19-21(14)23-22(27)24(19)13-15-9-10-17(12-20(25)26)18(11-15)16-6-2-3-7-16/h4-5,8-11,16H,2-3,6-7,12-13H2,1H3,(H,23,27)(H,25,26). The first kappa shape index (κ1) is 18.0. The summed E-state index contributed by atoms with van der Waals surface area (Å²) in [5, 5.41) is 9.27. The average molecular weight is 381 g/mol. The number of nitrogens with zero attached hydrogens (tertiary/aromatic N) is 1. The number of fused-ring (bicyclic) bond motifs is 1. The molecular weight excluding hydrogens is 356 g/mol. The number of aliphatic carboxylic acids is 1. The van der Waals surface area contributed by atoms with Crippen LogP contribution in [0.2, 0.25) is 0 Å². The van der Waals surface area contributed by atoms with E-state index in [1.807, 2.05) is 12.1 Å². The summed E-state index contributed by atoms with van der Waals surface area (Å²) in [6, 6.07) is 12.5. The molecule has 0 saturated heterocycles. The lowest BCUT2D eigenvalue weighted by atomic mass is 9.90. The van der Waals surface area contributed by atoms with Crippen molar-refractivity contribution < 1.29 is 9.90 Å². The Morgan fingerprint density at radius 3 is 2.78 bits per heavy atom. The van der Waals surface area contributed by atoms with E-state index < -0.39 is 5.97 Å². The number of hydrogen-bond acceptors (Lipinski definition) is 2. The molecule has 0 bridgehead atoms. The zero-order valence-corrected chi connectivity index (χ0v) is 16.3. The van der Waals surface area contributed by atoms with Gasteiger partial charge >= 0.3 is 5.97 Å². The van der Waals surface area contributed by atoms with E-state index in [4.69, 9.17) is 12.2 Å². The van der Waals surface area contributed by atoms with Gasteiger partial charge in [0.1, 0.15) is 0 Å². The quantitative estimate of drug-likeness (QED) is 0.587. The van der Waals surface area contributed by atoms with Crippen molar-refractivity contribution >= 4 is 29.2 Å². The van der Waals surface area contributed by atoms with Crippen LogP contribution in [0.5, 0.6) is 0 Å². The van der Waals surface area contributed by atoms with Crippen LogP contribution in [0.3, 0.4) is 0 Å². The Morgan fingerprint density at radius 2 is 2.04 bits per heavy atom. The Balaban J connectivity index is 1.73. The van der Waals surface area contributed by atoms with E-state index >= 15 is 0 Å². The Hall–Kier alpha value is -2.40. The van der Waals surface area contributed by atoms with Gasteiger partial charge in [0.05, 0.1) is 24.0 Å². The van der Waals surface area contributed by atoms with Crippen LogP contribution in [0.25, 0.3) is 11.0 Å². The van der Waals surface area contributed by atoms with Crippen LogP contribution in [-0.4, -0.2) is 20.6 Å². The van der Waals surface area contributed by atoms with Crippen molar-refractivity contribution in [3.63, 3.8) is 0 Å². The molecule has 4 rings (SSSR count). The summed E-state index contributed by atoms with van der Waals surface area (Å²) in [5.41, 5.74) is 6.72. The average Bonchev–Trinajstić information content (AvgIpc) is 3.26. The molecular formula is C22H24N2O2S. The van der Waals surface area contributed by atoms with E-state index in [2.05, 4.69) is 40.7 Å². The molecule has 0 spiro atoms. The van der Waals surface area contributed by atoms with Crippen molar-refractivity contribution in [2.24, 2.45) is 0 Å². The third-order valence-electron chi connectivity index (χ3n) is 5.71. The Bertz CT molecular complexity index is 1060.